The first kappa shape index (κ1) is 25.1. The van der Waals surface area contributed by atoms with Crippen molar-refractivity contribution in [2.45, 2.75) is 79.6 Å². The molecular weight excluding hydrogens is 348 g/mol. The molecule has 0 unspecified atom stereocenters. The van der Waals surface area contributed by atoms with Gasteiger partial charge in [0.25, 0.3) is 0 Å². The minimum atomic E-state index is -0.941. The van der Waals surface area contributed by atoms with E-state index in [2.05, 4.69) is 10.6 Å². The van der Waals surface area contributed by atoms with Crippen LogP contribution in [0.3, 0.4) is 0 Å². The highest BCUT2D eigenvalue weighted by Gasteiger charge is 2.35. The van der Waals surface area contributed by atoms with E-state index < -0.39 is 16.8 Å². The molecule has 156 valence electrons. The van der Waals surface area contributed by atoms with E-state index in [0.717, 1.165) is 0 Å². The van der Waals surface area contributed by atoms with Crippen LogP contribution in [0.25, 0.3) is 0 Å². The molecule has 0 aromatic carbocycles. The summed E-state index contributed by atoms with van der Waals surface area (Å²) in [5.41, 5.74) is -1.46. The van der Waals surface area contributed by atoms with Gasteiger partial charge >= 0.3 is 5.97 Å². The largest absolute Gasteiger partial charge is 0.481 e. The number of hydrogen-bond acceptors (Lipinski definition) is 4. The van der Waals surface area contributed by atoms with Crippen LogP contribution in [0.2, 0.25) is 0 Å². The molecule has 0 fully saturated rings. The van der Waals surface area contributed by atoms with Crippen LogP contribution in [0.4, 0.5) is 0 Å². The third kappa shape index (κ3) is 7.31. The molecule has 0 radical (unpaired) electrons. The Morgan fingerprint density at radius 3 is 1.41 bits per heavy atom. The topological polar surface area (TPSA) is 113 Å². The summed E-state index contributed by atoms with van der Waals surface area (Å²) in [6.45, 7) is 9.41. The van der Waals surface area contributed by atoms with Gasteiger partial charge in [0.1, 0.15) is 5.78 Å². The Hall–Kier alpha value is -1.92. The number of nitrogens with one attached hydrogen (secondary N) is 2. The Morgan fingerprint density at radius 2 is 1.11 bits per heavy atom. The lowest BCUT2D eigenvalue weighted by Crippen LogP contribution is -2.42. The monoisotopic (exact) mass is 384 g/mol. The van der Waals surface area contributed by atoms with Crippen molar-refractivity contribution >= 4 is 23.6 Å². The fourth-order valence-corrected chi connectivity index (χ4v) is 3.12. The molecule has 0 aromatic rings. The van der Waals surface area contributed by atoms with Crippen LogP contribution in [0, 0.1) is 10.8 Å². The second-order valence-electron chi connectivity index (χ2n) is 7.24. The minimum Gasteiger partial charge on any atom is -0.481 e. The number of carboxylic acids is 1. The Labute approximate surface area is 162 Å². The zero-order valence-electron chi connectivity index (χ0n) is 17.4. The molecule has 0 rings (SSSR count). The molecule has 0 saturated carbocycles. The van der Waals surface area contributed by atoms with E-state index in [1.54, 1.807) is 20.8 Å². The lowest BCUT2D eigenvalue weighted by Gasteiger charge is -2.28. The Bertz CT molecular complexity index is 476. The van der Waals surface area contributed by atoms with Crippen LogP contribution in [-0.2, 0) is 19.2 Å². The number of aliphatic carboxylic acids is 1. The second-order valence-corrected chi connectivity index (χ2v) is 7.24. The van der Waals surface area contributed by atoms with Gasteiger partial charge < -0.3 is 15.7 Å². The number of carbonyl (C=O) groups is 4. The molecule has 0 aliphatic heterocycles. The summed E-state index contributed by atoms with van der Waals surface area (Å²) in [7, 11) is 0. The van der Waals surface area contributed by atoms with Gasteiger partial charge in [-0.05, 0) is 39.0 Å². The van der Waals surface area contributed by atoms with Crippen molar-refractivity contribution in [2.75, 3.05) is 13.1 Å². The van der Waals surface area contributed by atoms with Crippen molar-refractivity contribution in [2.24, 2.45) is 10.8 Å². The first-order chi connectivity index (χ1) is 12.6. The van der Waals surface area contributed by atoms with Crippen LogP contribution >= 0.6 is 0 Å². The smallest absolute Gasteiger partial charge is 0.311 e. The van der Waals surface area contributed by atoms with Gasteiger partial charge in [0.2, 0.25) is 11.8 Å². The van der Waals surface area contributed by atoms with Crippen LogP contribution < -0.4 is 10.6 Å². The van der Waals surface area contributed by atoms with Crippen molar-refractivity contribution in [1.29, 1.82) is 0 Å². The van der Waals surface area contributed by atoms with Gasteiger partial charge in [0.15, 0.2) is 0 Å². The van der Waals surface area contributed by atoms with E-state index in [0.29, 0.717) is 38.6 Å². The fourth-order valence-electron chi connectivity index (χ4n) is 3.12. The standard InChI is InChI=1S/C20H36N2O5/c1-6-19(7-2,15(5)23)13-21-16(24)11-10-12-17(25)22-14-20(8-3,9-4)18(26)27/h6-14H2,1-5H3,(H,21,24)(H,22,25)(H,26,27). The van der Waals surface area contributed by atoms with Crippen molar-refractivity contribution in [3.05, 3.63) is 0 Å². The summed E-state index contributed by atoms with van der Waals surface area (Å²) in [4.78, 5) is 47.2. The number of carbonyl (C=O) groups excluding carboxylic acids is 3. The molecule has 0 aromatic heterocycles. The molecular formula is C20H36N2O5. The summed E-state index contributed by atoms with van der Waals surface area (Å²) in [5, 5.41) is 14.8. The van der Waals surface area contributed by atoms with E-state index in [1.165, 1.54) is 0 Å². The predicted molar refractivity (Wildman–Crippen MR) is 104 cm³/mol. The summed E-state index contributed by atoms with van der Waals surface area (Å²) in [6, 6.07) is 0. The highest BCUT2D eigenvalue weighted by Crippen LogP contribution is 2.27. The molecule has 0 aliphatic rings. The molecule has 0 heterocycles. The third-order valence-electron chi connectivity index (χ3n) is 5.96. The van der Waals surface area contributed by atoms with E-state index in [9.17, 15) is 24.3 Å². The Morgan fingerprint density at radius 1 is 0.741 bits per heavy atom. The van der Waals surface area contributed by atoms with Crippen LogP contribution in [0.15, 0.2) is 0 Å². The van der Waals surface area contributed by atoms with Crippen LogP contribution in [-0.4, -0.2) is 41.8 Å². The van der Waals surface area contributed by atoms with Crippen LogP contribution in [0.1, 0.15) is 79.6 Å². The average Bonchev–Trinajstić information content (AvgIpc) is 2.63. The van der Waals surface area contributed by atoms with Crippen molar-refractivity contribution in [1.82, 2.24) is 10.6 Å². The number of Topliss-reactive ketones (excluding diaryl/α,β-unsaturated/α-hetero) is 1. The molecule has 0 atom stereocenters. The van der Waals surface area contributed by atoms with Gasteiger partial charge in [0, 0.05) is 31.3 Å². The number of amides is 2. The normalized spacial score (nSPS) is 11.7. The third-order valence-corrected chi connectivity index (χ3v) is 5.96. The van der Waals surface area contributed by atoms with Crippen molar-refractivity contribution < 1.29 is 24.3 Å². The fraction of sp³-hybridized carbons (Fsp3) is 0.800. The van der Waals surface area contributed by atoms with Gasteiger partial charge in [-0.15, -0.1) is 0 Å². The molecule has 0 saturated heterocycles. The highest BCUT2D eigenvalue weighted by molar-refractivity contribution is 5.84. The number of rotatable bonds is 14. The quantitative estimate of drug-likeness (QED) is 0.426. The molecule has 3 N–H and O–H groups in total. The first-order valence-corrected chi connectivity index (χ1v) is 9.90. The Balaban J connectivity index is 4.33. The van der Waals surface area contributed by atoms with E-state index in [-0.39, 0.29) is 37.0 Å². The molecule has 0 bridgehead atoms. The predicted octanol–water partition coefficient (Wildman–Crippen LogP) is 2.68. The number of ketones is 1. The molecule has 0 spiro atoms. The molecule has 0 aliphatic carbocycles. The van der Waals surface area contributed by atoms with Crippen molar-refractivity contribution in [3.8, 4) is 0 Å². The number of hydrogen-bond donors (Lipinski definition) is 3. The average molecular weight is 385 g/mol. The summed E-state index contributed by atoms with van der Waals surface area (Å²) < 4.78 is 0. The van der Waals surface area contributed by atoms with Gasteiger partial charge in [-0.1, -0.05) is 27.7 Å². The first-order valence-electron chi connectivity index (χ1n) is 9.90. The van der Waals surface area contributed by atoms with E-state index in [4.69, 9.17) is 0 Å². The second kappa shape index (κ2) is 11.7. The van der Waals surface area contributed by atoms with E-state index >= 15 is 0 Å². The van der Waals surface area contributed by atoms with Gasteiger partial charge in [-0.25, -0.2) is 0 Å². The lowest BCUT2D eigenvalue weighted by molar-refractivity contribution is -0.149. The highest BCUT2D eigenvalue weighted by atomic mass is 16.4. The van der Waals surface area contributed by atoms with Gasteiger partial charge in [0.05, 0.1) is 5.41 Å². The molecule has 27 heavy (non-hydrogen) atoms. The maximum atomic E-state index is 12.0. The van der Waals surface area contributed by atoms with E-state index in [1.807, 2.05) is 13.8 Å². The minimum absolute atomic E-state index is 0.0703. The molecule has 7 heteroatoms. The summed E-state index contributed by atoms with van der Waals surface area (Å²) in [5.74, 6) is -1.28. The van der Waals surface area contributed by atoms with Crippen LogP contribution in [0.5, 0.6) is 0 Å². The van der Waals surface area contributed by atoms with Gasteiger partial charge in [-0.2, -0.15) is 0 Å². The molecule has 7 nitrogen and oxygen atoms in total. The number of carboxylic acid groups (broad SMARTS) is 1. The van der Waals surface area contributed by atoms with Crippen molar-refractivity contribution in [3.63, 3.8) is 0 Å². The maximum Gasteiger partial charge on any atom is 0.311 e. The lowest BCUT2D eigenvalue weighted by atomic mass is 9.79. The van der Waals surface area contributed by atoms with Gasteiger partial charge in [-0.3, -0.25) is 19.2 Å². The zero-order chi connectivity index (χ0) is 21.1. The summed E-state index contributed by atoms with van der Waals surface area (Å²) in [6.07, 6.45) is 2.95. The summed E-state index contributed by atoms with van der Waals surface area (Å²) >= 11 is 0. The zero-order valence-corrected chi connectivity index (χ0v) is 17.4. The SMILES string of the molecule is CCC(CC)(CNC(=O)CCCC(=O)NCC(CC)(CC)C(=O)O)C(C)=O. The Kier molecular flexibility index (Phi) is 10.9. The molecule has 2 amide bonds. The maximum absolute atomic E-state index is 12.0.